The molecule has 0 aliphatic carbocycles. The Morgan fingerprint density at radius 1 is 0.714 bits per heavy atom. The molecule has 0 heterocycles. The molecule has 244 valence electrons. The Kier molecular flexibility index (Phi) is 25.1. The molecule has 2 unspecified atom stereocenters. The average Bonchev–Trinajstić information content (AvgIpc) is 2.92. The zero-order chi connectivity index (χ0) is 31.5. The molecule has 0 N–H and O–H groups in total. The molecule has 0 aliphatic rings. The van der Waals surface area contributed by atoms with Gasteiger partial charge in [0.2, 0.25) is 0 Å². The van der Waals surface area contributed by atoms with Crippen molar-refractivity contribution in [1.82, 2.24) is 0 Å². The lowest BCUT2D eigenvalue weighted by molar-refractivity contribution is -0.889. The summed E-state index contributed by atoms with van der Waals surface area (Å²) in [6, 6.07) is -0.723. The topological polar surface area (TPSA) is 102 Å². The fraction of sp³-hybridized carbons (Fsp3) is 0.794. The lowest BCUT2D eigenvalue weighted by Gasteiger charge is -2.34. The second-order valence-corrected chi connectivity index (χ2v) is 12.1. The molecule has 0 spiro atoms. The number of esters is 2. The molecule has 0 fully saturated rings. The summed E-state index contributed by atoms with van der Waals surface area (Å²) in [5, 5.41) is 11.5. The molecule has 0 radical (unpaired) electrons. The highest BCUT2D eigenvalue weighted by Gasteiger charge is 2.25. The van der Waals surface area contributed by atoms with Gasteiger partial charge < -0.3 is 28.6 Å². The van der Waals surface area contributed by atoms with Gasteiger partial charge in [0.25, 0.3) is 0 Å². The van der Waals surface area contributed by atoms with Crippen molar-refractivity contribution in [2.75, 3.05) is 41.0 Å². The monoisotopic (exact) mass is 595 g/mol. The molecule has 0 amide bonds. The maximum Gasteiger partial charge on any atom is 0.306 e. The van der Waals surface area contributed by atoms with E-state index in [1.807, 2.05) is 0 Å². The van der Waals surface area contributed by atoms with Crippen LogP contribution < -0.4 is 5.11 Å². The number of hydrogen-bond donors (Lipinski definition) is 0. The van der Waals surface area contributed by atoms with Crippen molar-refractivity contribution < 1.29 is 38.2 Å². The minimum atomic E-state index is -1.13. The molecule has 2 atom stereocenters. The molecule has 0 aromatic rings. The van der Waals surface area contributed by atoms with Crippen molar-refractivity contribution in [3.63, 3.8) is 0 Å². The molecular weight excluding hydrogens is 534 g/mol. The number of carboxylic acid groups (broad SMARTS) is 1. The Bertz CT molecular complexity index is 757. The number of carboxylic acids is 1. The van der Waals surface area contributed by atoms with Gasteiger partial charge in [-0.05, 0) is 32.1 Å². The second-order valence-electron chi connectivity index (χ2n) is 12.1. The van der Waals surface area contributed by atoms with Crippen LogP contribution in [-0.4, -0.2) is 75.5 Å². The maximum atomic E-state index is 12.5. The molecule has 8 nitrogen and oxygen atoms in total. The molecule has 8 heteroatoms. The third-order valence-electron chi connectivity index (χ3n) is 7.12. The predicted molar refractivity (Wildman–Crippen MR) is 167 cm³/mol. The van der Waals surface area contributed by atoms with E-state index in [9.17, 15) is 19.5 Å². The number of allylic oxidation sites excluding steroid dienone is 4. The van der Waals surface area contributed by atoms with Crippen LogP contribution in [-0.2, 0) is 28.6 Å². The number of quaternary nitrogens is 1. The van der Waals surface area contributed by atoms with Gasteiger partial charge in [-0.1, -0.05) is 95.9 Å². The van der Waals surface area contributed by atoms with Gasteiger partial charge in [0, 0.05) is 19.3 Å². The van der Waals surface area contributed by atoms with Crippen LogP contribution in [0.1, 0.15) is 123 Å². The Morgan fingerprint density at radius 3 is 1.86 bits per heavy atom. The van der Waals surface area contributed by atoms with Crippen molar-refractivity contribution in [2.45, 2.75) is 135 Å². The van der Waals surface area contributed by atoms with Crippen molar-refractivity contribution in [1.29, 1.82) is 0 Å². The van der Waals surface area contributed by atoms with Crippen LogP contribution in [0.15, 0.2) is 24.3 Å². The summed E-state index contributed by atoms with van der Waals surface area (Å²) in [6.07, 6.45) is 23.6. The van der Waals surface area contributed by atoms with Gasteiger partial charge >= 0.3 is 11.9 Å². The number of ether oxygens (including phenoxy) is 3. The number of carbonyl (C=O) groups excluding carboxylic acids is 3. The molecule has 0 aromatic heterocycles. The lowest BCUT2D eigenvalue weighted by atomic mass is 10.1. The molecule has 42 heavy (non-hydrogen) atoms. The normalized spacial score (nSPS) is 13.5. The van der Waals surface area contributed by atoms with Crippen LogP contribution in [0.4, 0.5) is 0 Å². The zero-order valence-corrected chi connectivity index (χ0v) is 27.4. The Balaban J connectivity index is 4.52. The van der Waals surface area contributed by atoms with E-state index in [-0.39, 0.29) is 42.7 Å². The van der Waals surface area contributed by atoms with E-state index in [0.29, 0.717) is 12.8 Å². The van der Waals surface area contributed by atoms with Crippen LogP contribution in [0.2, 0.25) is 0 Å². The van der Waals surface area contributed by atoms with Gasteiger partial charge in [-0.3, -0.25) is 9.59 Å². The average molecular weight is 596 g/mol. The summed E-state index contributed by atoms with van der Waals surface area (Å²) in [6.45, 7) is 4.50. The number of likely N-dealkylation sites (N-methyl/N-ethyl adjacent to an activating group) is 1. The van der Waals surface area contributed by atoms with Crippen LogP contribution in [0.5, 0.6) is 0 Å². The van der Waals surface area contributed by atoms with E-state index in [1.54, 1.807) is 21.1 Å². The van der Waals surface area contributed by atoms with Crippen molar-refractivity contribution >= 4 is 17.9 Å². The van der Waals surface area contributed by atoms with Crippen LogP contribution in [0.25, 0.3) is 0 Å². The quantitative estimate of drug-likeness (QED) is 0.0468. The first-order valence-corrected chi connectivity index (χ1v) is 16.4. The Hall–Kier alpha value is -2.19. The second kappa shape index (κ2) is 26.4. The minimum Gasteiger partial charge on any atom is -0.544 e. The molecule has 0 saturated heterocycles. The number of carbonyl (C=O) groups is 3. The summed E-state index contributed by atoms with van der Waals surface area (Å²) in [7, 11) is 5.37. The third-order valence-corrected chi connectivity index (χ3v) is 7.12. The first-order chi connectivity index (χ1) is 20.1. The Morgan fingerprint density at radius 2 is 1.26 bits per heavy atom. The molecule has 0 rings (SSSR count). The van der Waals surface area contributed by atoms with E-state index in [2.05, 4.69) is 38.2 Å². The van der Waals surface area contributed by atoms with Gasteiger partial charge in [-0.2, -0.15) is 0 Å². The summed E-state index contributed by atoms with van der Waals surface area (Å²) in [5.74, 6) is -1.78. The summed E-state index contributed by atoms with van der Waals surface area (Å²) in [5.41, 5.74) is 0. The molecular formula is C34H61NO7. The minimum absolute atomic E-state index is 0.0339. The Labute approximate surface area is 256 Å². The van der Waals surface area contributed by atoms with Gasteiger partial charge in [0.15, 0.2) is 6.10 Å². The zero-order valence-electron chi connectivity index (χ0n) is 27.4. The fourth-order valence-corrected chi connectivity index (χ4v) is 4.46. The van der Waals surface area contributed by atoms with Crippen LogP contribution >= 0.6 is 0 Å². The van der Waals surface area contributed by atoms with Gasteiger partial charge in [0.05, 0.1) is 40.3 Å². The van der Waals surface area contributed by atoms with Crippen molar-refractivity contribution in [3.8, 4) is 0 Å². The van der Waals surface area contributed by atoms with Gasteiger partial charge in [0.1, 0.15) is 12.6 Å². The molecule has 0 bridgehead atoms. The highest BCUT2D eigenvalue weighted by molar-refractivity contribution is 5.70. The third kappa shape index (κ3) is 24.4. The number of rotatable bonds is 28. The number of nitrogens with zero attached hydrogens (tertiary/aromatic N) is 1. The first-order valence-electron chi connectivity index (χ1n) is 16.4. The molecule has 0 aliphatic heterocycles. The van der Waals surface area contributed by atoms with E-state index in [0.717, 1.165) is 51.4 Å². The van der Waals surface area contributed by atoms with E-state index in [1.165, 1.54) is 38.5 Å². The standard InChI is InChI=1S/C34H61NO7/c1-6-8-10-12-14-15-16-17-19-20-22-24-32(36)41-29-30(28-40-27-26-31(34(38)39)35(3,4)5)42-33(37)25-23-21-18-13-11-9-7-2/h12,14-16,30-31H,6-11,13,17-29H2,1-5H3/b14-12+,16-15+. The van der Waals surface area contributed by atoms with Crippen LogP contribution in [0.3, 0.4) is 0 Å². The smallest absolute Gasteiger partial charge is 0.306 e. The molecule has 0 aromatic carbocycles. The van der Waals surface area contributed by atoms with E-state index < -0.39 is 18.1 Å². The van der Waals surface area contributed by atoms with Crippen LogP contribution in [0, 0.1) is 0 Å². The highest BCUT2D eigenvalue weighted by Crippen LogP contribution is 2.12. The van der Waals surface area contributed by atoms with Crippen molar-refractivity contribution in [3.05, 3.63) is 24.3 Å². The lowest BCUT2D eigenvalue weighted by Crippen LogP contribution is -2.55. The van der Waals surface area contributed by atoms with Crippen molar-refractivity contribution in [2.24, 2.45) is 0 Å². The predicted octanol–water partition coefficient (Wildman–Crippen LogP) is 6.07. The van der Waals surface area contributed by atoms with Gasteiger partial charge in [-0.15, -0.1) is 0 Å². The maximum absolute atomic E-state index is 12.5. The summed E-state index contributed by atoms with van der Waals surface area (Å²) in [4.78, 5) is 36.3. The SMILES string of the molecule is CCCC/C=C/C=C/CCCCCC(=O)OCC(COCCC(C(=O)[O-])[N+](C)(C)C)OC(=O)CCCCCCCCC. The van der Waals surface area contributed by atoms with E-state index >= 15 is 0 Å². The summed E-state index contributed by atoms with van der Waals surface area (Å²) >= 11 is 0. The summed E-state index contributed by atoms with van der Waals surface area (Å²) < 4.78 is 16.9. The van der Waals surface area contributed by atoms with E-state index in [4.69, 9.17) is 14.2 Å². The largest absolute Gasteiger partial charge is 0.544 e. The highest BCUT2D eigenvalue weighted by atomic mass is 16.6. The first kappa shape index (κ1) is 39.8. The number of aliphatic carboxylic acids is 1. The van der Waals surface area contributed by atoms with Gasteiger partial charge in [-0.25, -0.2) is 0 Å². The fourth-order valence-electron chi connectivity index (χ4n) is 4.46. The number of unbranched alkanes of at least 4 members (excludes halogenated alkanes) is 11. The number of hydrogen-bond acceptors (Lipinski definition) is 7. The molecule has 0 saturated carbocycles.